The predicted octanol–water partition coefficient (Wildman–Crippen LogP) is 3.11. The molecule has 0 N–H and O–H groups in total. The molecule has 0 saturated heterocycles. The number of fused-ring (bicyclic) bond motifs is 1. The van der Waals surface area contributed by atoms with E-state index in [9.17, 15) is 0 Å². The number of imidazole rings is 1. The molecular formula is C15H18N2O. The lowest BCUT2D eigenvalue weighted by atomic mass is 10.1. The monoisotopic (exact) mass is 242 g/mol. The Morgan fingerprint density at radius 3 is 3.17 bits per heavy atom. The molecule has 1 aromatic heterocycles. The smallest absolute Gasteiger partial charge is 0.132 e. The van der Waals surface area contributed by atoms with Gasteiger partial charge in [0.1, 0.15) is 12.4 Å². The number of aryl methyl sites for hydroxylation is 2. The number of rotatable bonds is 3. The van der Waals surface area contributed by atoms with Gasteiger partial charge in [-0.3, -0.25) is 0 Å². The number of nitrogens with zero attached hydrogens (tertiary/aromatic N) is 2. The minimum Gasteiger partial charge on any atom is -0.487 e. The van der Waals surface area contributed by atoms with E-state index in [0.29, 0.717) is 6.61 Å². The molecule has 18 heavy (non-hydrogen) atoms. The number of hydrogen-bond donors (Lipinski definition) is 0. The summed E-state index contributed by atoms with van der Waals surface area (Å²) in [6, 6.07) is 8.15. The zero-order chi connectivity index (χ0) is 12.4. The van der Waals surface area contributed by atoms with Gasteiger partial charge in [0.2, 0.25) is 0 Å². The van der Waals surface area contributed by atoms with Crippen LogP contribution in [0.1, 0.15) is 29.8 Å². The second-order valence-corrected chi connectivity index (χ2v) is 4.89. The third kappa shape index (κ3) is 2.26. The van der Waals surface area contributed by atoms with Gasteiger partial charge in [0.05, 0.1) is 12.0 Å². The SMILES string of the molecule is Cc1cccc(OCc2ncn3c2CCCC3)c1. The Bertz CT molecular complexity index is 545. The molecule has 0 spiro atoms. The highest BCUT2D eigenvalue weighted by Crippen LogP contribution is 2.20. The summed E-state index contributed by atoms with van der Waals surface area (Å²) in [6.07, 6.45) is 5.61. The van der Waals surface area contributed by atoms with Gasteiger partial charge >= 0.3 is 0 Å². The van der Waals surface area contributed by atoms with E-state index in [4.69, 9.17) is 4.74 Å². The minimum absolute atomic E-state index is 0.575. The molecule has 2 heterocycles. The number of hydrogen-bond acceptors (Lipinski definition) is 2. The van der Waals surface area contributed by atoms with E-state index in [0.717, 1.165) is 24.4 Å². The summed E-state index contributed by atoms with van der Waals surface area (Å²) in [4.78, 5) is 4.47. The van der Waals surface area contributed by atoms with Gasteiger partial charge in [-0.25, -0.2) is 4.98 Å². The zero-order valence-electron chi connectivity index (χ0n) is 10.7. The normalized spacial score (nSPS) is 14.3. The van der Waals surface area contributed by atoms with Crippen LogP contribution in [0.3, 0.4) is 0 Å². The fraction of sp³-hybridized carbons (Fsp3) is 0.400. The van der Waals surface area contributed by atoms with Crippen molar-refractivity contribution in [2.45, 2.75) is 39.3 Å². The van der Waals surface area contributed by atoms with Crippen molar-refractivity contribution in [2.24, 2.45) is 0 Å². The fourth-order valence-electron chi connectivity index (χ4n) is 2.48. The first-order valence-electron chi connectivity index (χ1n) is 6.55. The van der Waals surface area contributed by atoms with Gasteiger partial charge in [-0.1, -0.05) is 12.1 Å². The van der Waals surface area contributed by atoms with Crippen molar-refractivity contribution in [1.82, 2.24) is 9.55 Å². The highest BCUT2D eigenvalue weighted by atomic mass is 16.5. The second kappa shape index (κ2) is 4.84. The van der Waals surface area contributed by atoms with Crippen LogP contribution >= 0.6 is 0 Å². The molecule has 0 bridgehead atoms. The molecule has 3 heteroatoms. The van der Waals surface area contributed by atoms with Gasteiger partial charge in [-0.15, -0.1) is 0 Å². The highest BCUT2D eigenvalue weighted by Gasteiger charge is 2.14. The molecule has 0 aliphatic carbocycles. The van der Waals surface area contributed by atoms with E-state index < -0.39 is 0 Å². The Hall–Kier alpha value is -1.77. The third-order valence-electron chi connectivity index (χ3n) is 3.46. The molecule has 0 atom stereocenters. The summed E-state index contributed by atoms with van der Waals surface area (Å²) < 4.78 is 8.08. The maximum absolute atomic E-state index is 5.82. The first-order chi connectivity index (χ1) is 8.83. The van der Waals surface area contributed by atoms with E-state index in [1.165, 1.54) is 24.1 Å². The van der Waals surface area contributed by atoms with Crippen LogP contribution < -0.4 is 4.74 Å². The lowest BCUT2D eigenvalue weighted by Gasteiger charge is -2.15. The number of aromatic nitrogens is 2. The molecule has 2 aromatic rings. The lowest BCUT2D eigenvalue weighted by molar-refractivity contribution is 0.299. The predicted molar refractivity (Wildman–Crippen MR) is 70.7 cm³/mol. The van der Waals surface area contributed by atoms with E-state index in [1.807, 2.05) is 18.5 Å². The van der Waals surface area contributed by atoms with Gasteiger partial charge in [-0.05, 0) is 43.9 Å². The number of ether oxygens (including phenoxy) is 1. The van der Waals surface area contributed by atoms with E-state index in [2.05, 4.69) is 28.6 Å². The van der Waals surface area contributed by atoms with Crippen molar-refractivity contribution in [2.75, 3.05) is 0 Å². The molecule has 1 aliphatic rings. The van der Waals surface area contributed by atoms with Crippen LogP contribution in [0, 0.1) is 6.92 Å². The van der Waals surface area contributed by atoms with Crippen LogP contribution in [0.25, 0.3) is 0 Å². The summed E-state index contributed by atoms with van der Waals surface area (Å²) in [5, 5.41) is 0. The van der Waals surface area contributed by atoms with Gasteiger partial charge < -0.3 is 9.30 Å². The summed E-state index contributed by atoms with van der Waals surface area (Å²) >= 11 is 0. The molecule has 0 saturated carbocycles. The maximum Gasteiger partial charge on any atom is 0.132 e. The number of benzene rings is 1. The molecule has 0 radical (unpaired) electrons. The fourth-order valence-corrected chi connectivity index (χ4v) is 2.48. The Labute approximate surface area is 107 Å². The van der Waals surface area contributed by atoms with Gasteiger partial charge in [0, 0.05) is 12.2 Å². The van der Waals surface area contributed by atoms with E-state index >= 15 is 0 Å². The van der Waals surface area contributed by atoms with Crippen LogP contribution in [0.4, 0.5) is 0 Å². The van der Waals surface area contributed by atoms with Crippen LogP contribution in [-0.4, -0.2) is 9.55 Å². The highest BCUT2D eigenvalue weighted by molar-refractivity contribution is 5.27. The lowest BCUT2D eigenvalue weighted by Crippen LogP contribution is -2.11. The minimum atomic E-state index is 0.575. The standard InChI is InChI=1S/C15H18N2O/c1-12-5-4-6-13(9-12)18-10-14-15-7-2-3-8-17(15)11-16-14/h4-6,9,11H,2-3,7-8,10H2,1H3. The summed E-state index contributed by atoms with van der Waals surface area (Å²) in [5.74, 6) is 0.924. The van der Waals surface area contributed by atoms with Crippen molar-refractivity contribution in [3.63, 3.8) is 0 Å². The summed E-state index contributed by atoms with van der Waals surface area (Å²) in [6.45, 7) is 3.75. The molecule has 1 aromatic carbocycles. The van der Waals surface area contributed by atoms with Crippen LogP contribution in [0.15, 0.2) is 30.6 Å². The van der Waals surface area contributed by atoms with Crippen molar-refractivity contribution >= 4 is 0 Å². The Kier molecular flexibility index (Phi) is 3.05. The third-order valence-corrected chi connectivity index (χ3v) is 3.46. The average Bonchev–Trinajstić information content (AvgIpc) is 2.80. The first kappa shape index (κ1) is 11.3. The first-order valence-corrected chi connectivity index (χ1v) is 6.55. The molecule has 1 aliphatic heterocycles. The van der Waals surface area contributed by atoms with Gasteiger partial charge in [-0.2, -0.15) is 0 Å². The zero-order valence-corrected chi connectivity index (χ0v) is 10.7. The molecule has 94 valence electrons. The molecule has 3 nitrogen and oxygen atoms in total. The largest absolute Gasteiger partial charge is 0.487 e. The molecule has 0 fully saturated rings. The van der Waals surface area contributed by atoms with Crippen molar-refractivity contribution < 1.29 is 4.74 Å². The quantitative estimate of drug-likeness (QED) is 0.827. The molecule has 3 rings (SSSR count). The molecule has 0 unspecified atom stereocenters. The van der Waals surface area contributed by atoms with Crippen LogP contribution in [0.2, 0.25) is 0 Å². The van der Waals surface area contributed by atoms with E-state index in [-0.39, 0.29) is 0 Å². The van der Waals surface area contributed by atoms with Crippen molar-refractivity contribution in [3.8, 4) is 5.75 Å². The Morgan fingerprint density at radius 1 is 1.33 bits per heavy atom. The Balaban J connectivity index is 1.72. The second-order valence-electron chi connectivity index (χ2n) is 4.89. The molecule has 0 amide bonds. The van der Waals surface area contributed by atoms with E-state index in [1.54, 1.807) is 0 Å². The molecular weight excluding hydrogens is 224 g/mol. The summed E-state index contributed by atoms with van der Waals surface area (Å²) in [7, 11) is 0. The summed E-state index contributed by atoms with van der Waals surface area (Å²) in [5.41, 5.74) is 3.67. The Morgan fingerprint density at radius 2 is 2.28 bits per heavy atom. The average molecular weight is 242 g/mol. The van der Waals surface area contributed by atoms with Crippen molar-refractivity contribution in [1.29, 1.82) is 0 Å². The van der Waals surface area contributed by atoms with Crippen molar-refractivity contribution in [3.05, 3.63) is 47.5 Å². The van der Waals surface area contributed by atoms with Gasteiger partial charge in [0.15, 0.2) is 0 Å². The van der Waals surface area contributed by atoms with Crippen LogP contribution in [-0.2, 0) is 19.6 Å². The maximum atomic E-state index is 5.82. The topological polar surface area (TPSA) is 27.1 Å². The van der Waals surface area contributed by atoms with Crippen LogP contribution in [0.5, 0.6) is 5.75 Å². The van der Waals surface area contributed by atoms with Gasteiger partial charge in [0.25, 0.3) is 0 Å².